The highest BCUT2D eigenvalue weighted by Gasteiger charge is 2.22. The molecule has 1 aromatic rings. The Balaban J connectivity index is 2.90. The molecule has 6 nitrogen and oxygen atoms in total. The minimum atomic E-state index is -0.707. The highest BCUT2D eigenvalue weighted by molar-refractivity contribution is 6.32. The van der Waals surface area contributed by atoms with Crippen LogP contribution in [0.3, 0.4) is 0 Å². The minimum absolute atomic E-state index is 0.0459. The number of rotatable bonds is 8. The number of carbonyl (C=O) groups excluding carboxylic acids is 2. The molecule has 0 aliphatic rings. The fraction of sp³-hybridized carbons (Fsp3) is 0.412. The van der Waals surface area contributed by atoms with Crippen LogP contribution < -0.4 is 20.5 Å². The monoisotopic (exact) mass is 354 g/mol. The van der Waals surface area contributed by atoms with E-state index in [1.165, 1.54) is 20.3 Å². The Labute approximate surface area is 146 Å². The van der Waals surface area contributed by atoms with Crippen LogP contribution in [0.1, 0.15) is 25.8 Å². The van der Waals surface area contributed by atoms with E-state index >= 15 is 0 Å². The van der Waals surface area contributed by atoms with Crippen LogP contribution in [-0.2, 0) is 9.59 Å². The number of halogens is 1. The third kappa shape index (κ3) is 5.16. The van der Waals surface area contributed by atoms with Crippen LogP contribution in [-0.4, -0.2) is 32.1 Å². The van der Waals surface area contributed by atoms with Crippen molar-refractivity contribution in [1.82, 2.24) is 5.32 Å². The second-order valence-corrected chi connectivity index (χ2v) is 5.75. The maximum absolute atomic E-state index is 12.0. The number of carbonyl (C=O) groups is 2. The molecular formula is C17H23ClN2O4. The van der Waals surface area contributed by atoms with Crippen LogP contribution in [0.15, 0.2) is 18.2 Å². The summed E-state index contributed by atoms with van der Waals surface area (Å²) in [5, 5.41) is 2.98. The van der Waals surface area contributed by atoms with Gasteiger partial charge in [-0.1, -0.05) is 31.9 Å². The summed E-state index contributed by atoms with van der Waals surface area (Å²) in [4.78, 5) is 23.5. The van der Waals surface area contributed by atoms with E-state index in [2.05, 4.69) is 5.32 Å². The lowest BCUT2D eigenvalue weighted by Crippen LogP contribution is -2.47. The van der Waals surface area contributed by atoms with Gasteiger partial charge in [-0.05, 0) is 29.7 Å². The van der Waals surface area contributed by atoms with E-state index in [0.717, 1.165) is 6.42 Å². The molecule has 0 saturated heterocycles. The van der Waals surface area contributed by atoms with Gasteiger partial charge in [0, 0.05) is 6.08 Å². The summed E-state index contributed by atoms with van der Waals surface area (Å²) in [5.74, 6) is -0.133. The van der Waals surface area contributed by atoms with Crippen molar-refractivity contribution in [2.24, 2.45) is 11.7 Å². The number of primary amides is 1. The number of methoxy groups -OCH3 is 2. The molecule has 0 aromatic heterocycles. The molecule has 132 valence electrons. The number of benzene rings is 1. The van der Waals surface area contributed by atoms with Gasteiger partial charge in [-0.25, -0.2) is 0 Å². The Bertz CT molecular complexity index is 631. The van der Waals surface area contributed by atoms with Crippen LogP contribution in [0, 0.1) is 5.92 Å². The first-order chi connectivity index (χ1) is 11.3. The zero-order valence-electron chi connectivity index (χ0n) is 14.3. The van der Waals surface area contributed by atoms with E-state index in [4.69, 9.17) is 26.8 Å². The molecule has 0 spiro atoms. The molecule has 0 aliphatic carbocycles. The average Bonchev–Trinajstić information content (AvgIpc) is 2.56. The molecule has 2 amide bonds. The van der Waals surface area contributed by atoms with Gasteiger partial charge in [0.1, 0.15) is 6.04 Å². The zero-order chi connectivity index (χ0) is 18.3. The molecule has 0 fully saturated rings. The second kappa shape index (κ2) is 9.17. The van der Waals surface area contributed by atoms with E-state index < -0.39 is 17.9 Å². The summed E-state index contributed by atoms with van der Waals surface area (Å²) in [6.45, 7) is 3.78. The lowest BCUT2D eigenvalue weighted by atomic mass is 9.98. The molecule has 0 aliphatic heterocycles. The maximum Gasteiger partial charge on any atom is 0.244 e. The van der Waals surface area contributed by atoms with Gasteiger partial charge in [-0.3, -0.25) is 9.59 Å². The minimum Gasteiger partial charge on any atom is -0.493 e. The molecule has 0 saturated carbocycles. The second-order valence-electron chi connectivity index (χ2n) is 5.35. The van der Waals surface area contributed by atoms with Crippen molar-refractivity contribution in [3.63, 3.8) is 0 Å². The molecule has 2 atom stereocenters. The third-order valence-electron chi connectivity index (χ3n) is 3.70. The number of nitrogens with one attached hydrogen (secondary N) is 1. The van der Waals surface area contributed by atoms with Crippen molar-refractivity contribution in [3.8, 4) is 11.5 Å². The van der Waals surface area contributed by atoms with Crippen molar-refractivity contribution in [3.05, 3.63) is 28.8 Å². The van der Waals surface area contributed by atoms with Crippen molar-refractivity contribution < 1.29 is 19.1 Å². The van der Waals surface area contributed by atoms with Crippen molar-refractivity contribution in [1.29, 1.82) is 0 Å². The summed E-state index contributed by atoms with van der Waals surface area (Å²) in [5.41, 5.74) is 5.99. The highest BCUT2D eigenvalue weighted by atomic mass is 35.5. The van der Waals surface area contributed by atoms with Gasteiger partial charge in [0.2, 0.25) is 11.8 Å². The third-order valence-corrected chi connectivity index (χ3v) is 3.98. The SMILES string of the molecule is CCC(C)C(NC(=O)C=Cc1cc(Cl)c(OC)c(OC)c1)C(N)=O. The first-order valence-electron chi connectivity index (χ1n) is 7.53. The number of hydrogen-bond donors (Lipinski definition) is 2. The fourth-order valence-corrected chi connectivity index (χ4v) is 2.43. The van der Waals surface area contributed by atoms with Crippen LogP contribution in [0.5, 0.6) is 11.5 Å². The normalized spacial score (nSPS) is 13.4. The standard InChI is InChI=1S/C17H23ClN2O4/c1-5-10(2)15(17(19)22)20-14(21)7-6-11-8-12(18)16(24-4)13(9-11)23-3/h6-10,15H,5H2,1-4H3,(H2,19,22)(H,20,21). The molecule has 3 N–H and O–H groups in total. The Hall–Kier alpha value is -2.21. The number of hydrogen-bond acceptors (Lipinski definition) is 4. The van der Waals surface area contributed by atoms with Crippen LogP contribution in [0.4, 0.5) is 0 Å². The Morgan fingerprint density at radius 2 is 2.00 bits per heavy atom. The van der Waals surface area contributed by atoms with Gasteiger partial charge in [0.15, 0.2) is 11.5 Å². The zero-order valence-corrected chi connectivity index (χ0v) is 15.0. The Morgan fingerprint density at radius 1 is 1.33 bits per heavy atom. The summed E-state index contributed by atoms with van der Waals surface area (Å²) < 4.78 is 10.4. The molecule has 1 aromatic carbocycles. The van der Waals surface area contributed by atoms with Gasteiger partial charge >= 0.3 is 0 Å². The van der Waals surface area contributed by atoms with Crippen molar-refractivity contribution in [2.45, 2.75) is 26.3 Å². The predicted octanol–water partition coefficient (Wildman–Crippen LogP) is 2.39. The van der Waals surface area contributed by atoms with Crippen molar-refractivity contribution >= 4 is 29.5 Å². The average molecular weight is 355 g/mol. The molecule has 1 rings (SSSR count). The van der Waals surface area contributed by atoms with E-state index in [1.807, 2.05) is 13.8 Å². The highest BCUT2D eigenvalue weighted by Crippen LogP contribution is 2.36. The first-order valence-corrected chi connectivity index (χ1v) is 7.91. The van der Waals surface area contributed by atoms with Gasteiger partial charge in [0.05, 0.1) is 19.2 Å². The molecule has 2 unspecified atom stereocenters. The summed E-state index contributed by atoms with van der Waals surface area (Å²) >= 11 is 6.11. The van der Waals surface area contributed by atoms with E-state index in [-0.39, 0.29) is 5.92 Å². The molecular weight excluding hydrogens is 332 g/mol. The molecule has 0 bridgehead atoms. The Morgan fingerprint density at radius 3 is 2.50 bits per heavy atom. The topological polar surface area (TPSA) is 90.7 Å². The largest absolute Gasteiger partial charge is 0.493 e. The van der Waals surface area contributed by atoms with Gasteiger partial charge in [-0.2, -0.15) is 0 Å². The van der Waals surface area contributed by atoms with Crippen LogP contribution >= 0.6 is 11.6 Å². The first kappa shape index (κ1) is 19.8. The van der Waals surface area contributed by atoms with Crippen LogP contribution in [0.25, 0.3) is 6.08 Å². The van der Waals surface area contributed by atoms with Crippen molar-refractivity contribution in [2.75, 3.05) is 14.2 Å². The summed E-state index contributed by atoms with van der Waals surface area (Å²) in [6.07, 6.45) is 3.61. The number of nitrogens with two attached hydrogens (primary N) is 1. The molecule has 7 heteroatoms. The Kier molecular flexibility index (Phi) is 7.58. The van der Waals surface area contributed by atoms with E-state index in [1.54, 1.807) is 18.2 Å². The fourth-order valence-electron chi connectivity index (χ4n) is 2.14. The predicted molar refractivity (Wildman–Crippen MR) is 94.2 cm³/mol. The number of ether oxygens (including phenoxy) is 2. The van der Waals surface area contributed by atoms with Gasteiger partial charge in [0.25, 0.3) is 0 Å². The molecule has 0 heterocycles. The summed E-state index contributed by atoms with van der Waals surface area (Å²) in [6, 6.07) is 2.63. The summed E-state index contributed by atoms with van der Waals surface area (Å²) in [7, 11) is 2.99. The van der Waals surface area contributed by atoms with Gasteiger partial charge in [-0.15, -0.1) is 0 Å². The lowest BCUT2D eigenvalue weighted by Gasteiger charge is -2.20. The van der Waals surface area contributed by atoms with E-state index in [9.17, 15) is 9.59 Å². The smallest absolute Gasteiger partial charge is 0.244 e. The molecule has 0 radical (unpaired) electrons. The van der Waals surface area contributed by atoms with Crippen LogP contribution in [0.2, 0.25) is 5.02 Å². The maximum atomic E-state index is 12.0. The quantitative estimate of drug-likeness (QED) is 0.701. The number of amides is 2. The molecule has 24 heavy (non-hydrogen) atoms. The lowest BCUT2D eigenvalue weighted by molar-refractivity contribution is -0.126. The van der Waals surface area contributed by atoms with Gasteiger partial charge < -0.3 is 20.5 Å². The van der Waals surface area contributed by atoms with E-state index in [0.29, 0.717) is 22.1 Å².